The Morgan fingerprint density at radius 1 is 1.06 bits per heavy atom. The second-order valence-electron chi connectivity index (χ2n) is 9.93. The van der Waals surface area contributed by atoms with Gasteiger partial charge in [0.25, 0.3) is 0 Å². The van der Waals surface area contributed by atoms with Crippen LogP contribution < -0.4 is 0 Å². The van der Waals surface area contributed by atoms with Gasteiger partial charge in [0.2, 0.25) is 5.91 Å². The molecule has 2 fully saturated rings. The quantitative estimate of drug-likeness (QED) is 0.621. The van der Waals surface area contributed by atoms with E-state index in [4.69, 9.17) is 5.10 Å². The third-order valence-electron chi connectivity index (χ3n) is 7.74. The number of aromatic nitrogens is 2. The van der Waals surface area contributed by atoms with Crippen LogP contribution in [0.3, 0.4) is 0 Å². The highest BCUT2D eigenvalue weighted by atomic mass is 19.1. The summed E-state index contributed by atoms with van der Waals surface area (Å²) in [5, 5.41) is 4.98. The summed E-state index contributed by atoms with van der Waals surface area (Å²) in [6.07, 6.45) is 10.3. The van der Waals surface area contributed by atoms with Crippen molar-refractivity contribution < 1.29 is 9.18 Å². The van der Waals surface area contributed by atoms with Gasteiger partial charge < -0.3 is 4.90 Å². The van der Waals surface area contributed by atoms with Crippen LogP contribution in [-0.4, -0.2) is 27.1 Å². The molecule has 1 amide bonds. The zero-order valence-electron chi connectivity index (χ0n) is 18.7. The molecule has 0 saturated heterocycles. The molecule has 0 unspecified atom stereocenters. The first kappa shape index (κ1) is 20.7. The topological polar surface area (TPSA) is 38.1 Å². The number of benzene rings is 1. The van der Waals surface area contributed by atoms with Crippen molar-refractivity contribution in [3.8, 4) is 0 Å². The van der Waals surface area contributed by atoms with Crippen molar-refractivity contribution in [1.29, 1.82) is 0 Å². The van der Waals surface area contributed by atoms with Crippen LogP contribution in [0.15, 0.2) is 24.3 Å². The summed E-state index contributed by atoms with van der Waals surface area (Å²) in [4.78, 5) is 15.2. The molecule has 1 aliphatic heterocycles. The van der Waals surface area contributed by atoms with Gasteiger partial charge in [-0.05, 0) is 61.6 Å². The number of nitrogens with zero attached hydrogens (tertiary/aromatic N) is 3. The molecule has 5 rings (SSSR count). The van der Waals surface area contributed by atoms with Crippen LogP contribution in [0.4, 0.5) is 4.39 Å². The van der Waals surface area contributed by atoms with Crippen LogP contribution in [0.2, 0.25) is 0 Å². The van der Waals surface area contributed by atoms with Gasteiger partial charge in [-0.1, -0.05) is 38.3 Å². The zero-order chi connectivity index (χ0) is 21.4. The molecule has 166 valence electrons. The molecule has 4 nitrogen and oxygen atoms in total. The first-order valence-electron chi connectivity index (χ1n) is 12.2. The number of rotatable bonds is 6. The van der Waals surface area contributed by atoms with Crippen molar-refractivity contribution in [1.82, 2.24) is 14.7 Å². The Bertz CT molecular complexity index is 923. The summed E-state index contributed by atoms with van der Waals surface area (Å²) in [5.74, 6) is 2.12. The van der Waals surface area contributed by atoms with Gasteiger partial charge >= 0.3 is 0 Å². The Hall–Kier alpha value is -2.17. The monoisotopic (exact) mass is 423 g/mol. The summed E-state index contributed by atoms with van der Waals surface area (Å²) in [5.41, 5.74) is 4.87. The molecule has 2 aliphatic carbocycles. The van der Waals surface area contributed by atoms with Crippen LogP contribution in [0, 0.1) is 17.7 Å². The predicted octanol–water partition coefficient (Wildman–Crippen LogP) is 5.44. The fourth-order valence-corrected chi connectivity index (χ4v) is 5.52. The average Bonchev–Trinajstić information content (AvgIpc) is 3.58. The second-order valence-corrected chi connectivity index (χ2v) is 9.93. The summed E-state index contributed by atoms with van der Waals surface area (Å²) < 4.78 is 15.4. The molecule has 1 aromatic heterocycles. The van der Waals surface area contributed by atoms with Gasteiger partial charge in [0, 0.05) is 24.4 Å². The molecule has 2 heterocycles. The van der Waals surface area contributed by atoms with Crippen molar-refractivity contribution in [2.45, 2.75) is 83.7 Å². The van der Waals surface area contributed by atoms with Gasteiger partial charge in [-0.2, -0.15) is 5.10 Å². The summed E-state index contributed by atoms with van der Waals surface area (Å²) >= 11 is 0. The van der Waals surface area contributed by atoms with Gasteiger partial charge in [-0.3, -0.25) is 9.48 Å². The maximum Gasteiger partial charge on any atom is 0.223 e. The number of hydrogen-bond donors (Lipinski definition) is 0. The second kappa shape index (κ2) is 8.76. The fraction of sp³-hybridized carbons (Fsp3) is 0.615. The lowest BCUT2D eigenvalue weighted by molar-refractivity contribution is -0.133. The minimum atomic E-state index is -0.213. The number of fused-ring (bicyclic) bond motifs is 1. The normalized spacial score (nSPS) is 23.6. The number of hydrogen-bond acceptors (Lipinski definition) is 2. The molecule has 31 heavy (non-hydrogen) atoms. The minimum Gasteiger partial charge on any atom is -0.336 e. The molecule has 1 aromatic carbocycles. The highest BCUT2D eigenvalue weighted by Crippen LogP contribution is 2.43. The summed E-state index contributed by atoms with van der Waals surface area (Å²) in [6, 6.07) is 6.68. The molecule has 3 aliphatic rings. The molecule has 0 N–H and O–H groups in total. The van der Waals surface area contributed by atoms with E-state index in [-0.39, 0.29) is 5.82 Å². The molecule has 2 saturated carbocycles. The fourth-order valence-electron chi connectivity index (χ4n) is 5.52. The van der Waals surface area contributed by atoms with Crippen molar-refractivity contribution in [3.05, 3.63) is 52.6 Å². The van der Waals surface area contributed by atoms with Gasteiger partial charge in [-0.25, -0.2) is 4.39 Å². The van der Waals surface area contributed by atoms with Gasteiger partial charge in [0.1, 0.15) is 5.82 Å². The molecule has 0 spiro atoms. The molecule has 5 heteroatoms. The van der Waals surface area contributed by atoms with Crippen LogP contribution in [0.5, 0.6) is 0 Å². The van der Waals surface area contributed by atoms with Crippen LogP contribution in [-0.2, 0) is 24.3 Å². The number of halogens is 1. The molecular weight excluding hydrogens is 389 g/mol. The van der Waals surface area contributed by atoms with Crippen LogP contribution in [0.25, 0.3) is 0 Å². The standard InChI is InChI=1S/C26H34FN3O/c1-2-18-3-5-19(6-4-18)15-25(31)29-14-13-23-24(17-29)30(28-26(23)21-9-10-21)16-20-7-11-22(27)12-8-20/h7-8,11-12,18-19,21H,2-6,9-10,13-17H2,1H3. The van der Waals surface area contributed by atoms with Crippen LogP contribution >= 0.6 is 0 Å². The first-order valence-corrected chi connectivity index (χ1v) is 12.2. The number of carbonyl (C=O) groups is 1. The third kappa shape index (κ3) is 4.56. The van der Waals surface area contributed by atoms with E-state index in [0.29, 0.717) is 37.3 Å². The van der Waals surface area contributed by atoms with Crippen molar-refractivity contribution in [2.24, 2.45) is 11.8 Å². The Kier molecular flexibility index (Phi) is 5.85. The van der Waals surface area contributed by atoms with E-state index in [1.54, 1.807) is 0 Å². The molecule has 0 atom stereocenters. The van der Waals surface area contributed by atoms with E-state index in [1.807, 2.05) is 12.1 Å². The van der Waals surface area contributed by atoms with Crippen LogP contribution in [0.1, 0.15) is 86.7 Å². The Morgan fingerprint density at radius 3 is 2.45 bits per heavy atom. The average molecular weight is 424 g/mol. The Labute approximate surface area is 184 Å². The van der Waals surface area contributed by atoms with E-state index >= 15 is 0 Å². The first-order chi connectivity index (χ1) is 15.1. The maximum atomic E-state index is 13.3. The van der Waals surface area contributed by atoms with E-state index in [9.17, 15) is 9.18 Å². The Morgan fingerprint density at radius 2 is 1.77 bits per heavy atom. The minimum absolute atomic E-state index is 0.213. The van der Waals surface area contributed by atoms with E-state index in [2.05, 4.69) is 16.5 Å². The van der Waals surface area contributed by atoms with E-state index in [1.165, 1.54) is 74.0 Å². The van der Waals surface area contributed by atoms with Crippen molar-refractivity contribution >= 4 is 5.91 Å². The lowest BCUT2D eigenvalue weighted by Gasteiger charge is -2.32. The smallest absolute Gasteiger partial charge is 0.223 e. The van der Waals surface area contributed by atoms with Crippen molar-refractivity contribution in [2.75, 3.05) is 6.54 Å². The van der Waals surface area contributed by atoms with E-state index < -0.39 is 0 Å². The number of carbonyl (C=O) groups excluding carboxylic acids is 1. The van der Waals surface area contributed by atoms with E-state index in [0.717, 1.165) is 24.4 Å². The number of amides is 1. The lowest BCUT2D eigenvalue weighted by atomic mass is 9.79. The molecule has 0 bridgehead atoms. The van der Waals surface area contributed by atoms with Crippen molar-refractivity contribution in [3.63, 3.8) is 0 Å². The van der Waals surface area contributed by atoms with Gasteiger partial charge in [0.05, 0.1) is 24.5 Å². The van der Waals surface area contributed by atoms with Gasteiger partial charge in [-0.15, -0.1) is 0 Å². The highest BCUT2D eigenvalue weighted by Gasteiger charge is 2.35. The van der Waals surface area contributed by atoms with Gasteiger partial charge in [0.15, 0.2) is 0 Å². The highest BCUT2D eigenvalue weighted by molar-refractivity contribution is 5.76. The third-order valence-corrected chi connectivity index (χ3v) is 7.74. The summed E-state index contributed by atoms with van der Waals surface area (Å²) in [7, 11) is 0. The molecule has 0 radical (unpaired) electrons. The Balaban J connectivity index is 1.30. The largest absolute Gasteiger partial charge is 0.336 e. The maximum absolute atomic E-state index is 13.3. The summed E-state index contributed by atoms with van der Waals surface area (Å²) in [6.45, 7) is 4.41. The molecular formula is C26H34FN3O. The SMILES string of the molecule is CCC1CCC(CC(=O)N2CCc3c(C4CC4)nn(Cc4ccc(F)cc4)c3C2)CC1. The lowest BCUT2D eigenvalue weighted by Crippen LogP contribution is -2.38. The zero-order valence-corrected chi connectivity index (χ0v) is 18.7. The predicted molar refractivity (Wildman–Crippen MR) is 119 cm³/mol. The molecule has 2 aromatic rings.